The summed E-state index contributed by atoms with van der Waals surface area (Å²) < 4.78 is 11.2. The van der Waals surface area contributed by atoms with Crippen LogP contribution in [0.5, 0.6) is 0 Å². The maximum atomic E-state index is 13.5. The Bertz CT molecular complexity index is 1100. The van der Waals surface area contributed by atoms with Crippen molar-refractivity contribution in [1.82, 2.24) is 4.90 Å². The average Bonchev–Trinajstić information content (AvgIpc) is 2.96. The lowest BCUT2D eigenvalue weighted by molar-refractivity contribution is 0.0708. The van der Waals surface area contributed by atoms with Gasteiger partial charge in [-0.05, 0) is 43.0 Å². The van der Waals surface area contributed by atoms with E-state index in [2.05, 4.69) is 0 Å². The first kappa shape index (κ1) is 18.4. The number of rotatable bonds is 5. The normalized spacial score (nSPS) is 16.0. The molecular weight excluding hydrogens is 354 g/mol. The molecule has 1 aliphatic heterocycles. The van der Waals surface area contributed by atoms with Crippen molar-refractivity contribution in [2.75, 3.05) is 20.3 Å². The van der Waals surface area contributed by atoms with E-state index in [1.54, 1.807) is 12.0 Å². The third kappa shape index (κ3) is 2.92. The van der Waals surface area contributed by atoms with Gasteiger partial charge in [0.25, 0.3) is 5.91 Å². The SMILES string of the molecule is COCCCN1C(=O)c2oc3c(C)cc(C)cc3c(=O)c2C1c1ccccc1. The molecule has 1 unspecified atom stereocenters. The largest absolute Gasteiger partial charge is 0.450 e. The Morgan fingerprint density at radius 1 is 1.11 bits per heavy atom. The summed E-state index contributed by atoms with van der Waals surface area (Å²) in [4.78, 5) is 28.4. The number of fused-ring (bicyclic) bond motifs is 2. The molecule has 3 aromatic rings. The molecule has 144 valence electrons. The number of aryl methyl sites for hydroxylation is 2. The number of nitrogens with zero attached hydrogens (tertiary/aromatic N) is 1. The van der Waals surface area contributed by atoms with Gasteiger partial charge in [0.15, 0.2) is 5.43 Å². The summed E-state index contributed by atoms with van der Waals surface area (Å²) in [6, 6.07) is 13.0. The highest BCUT2D eigenvalue weighted by atomic mass is 16.5. The molecule has 1 amide bonds. The van der Waals surface area contributed by atoms with Crippen LogP contribution in [0.15, 0.2) is 51.7 Å². The molecular formula is C23H23NO4. The van der Waals surface area contributed by atoms with E-state index in [-0.39, 0.29) is 17.1 Å². The van der Waals surface area contributed by atoms with Gasteiger partial charge in [-0.1, -0.05) is 36.4 Å². The molecule has 1 aliphatic rings. The number of benzene rings is 2. The van der Waals surface area contributed by atoms with Gasteiger partial charge in [-0.15, -0.1) is 0 Å². The van der Waals surface area contributed by atoms with Crippen molar-refractivity contribution in [3.8, 4) is 0 Å². The molecule has 5 nitrogen and oxygen atoms in total. The van der Waals surface area contributed by atoms with Crippen molar-refractivity contribution in [3.63, 3.8) is 0 Å². The van der Waals surface area contributed by atoms with Crippen LogP contribution in [0.25, 0.3) is 11.0 Å². The van der Waals surface area contributed by atoms with Gasteiger partial charge < -0.3 is 14.1 Å². The predicted molar refractivity (Wildman–Crippen MR) is 108 cm³/mol. The fourth-order valence-corrected chi connectivity index (χ4v) is 4.07. The van der Waals surface area contributed by atoms with Gasteiger partial charge in [-0.3, -0.25) is 9.59 Å². The van der Waals surface area contributed by atoms with Crippen LogP contribution in [0.3, 0.4) is 0 Å². The zero-order chi connectivity index (χ0) is 19.8. The zero-order valence-electron chi connectivity index (χ0n) is 16.3. The van der Waals surface area contributed by atoms with E-state index < -0.39 is 6.04 Å². The summed E-state index contributed by atoms with van der Waals surface area (Å²) >= 11 is 0. The van der Waals surface area contributed by atoms with E-state index in [4.69, 9.17) is 9.15 Å². The van der Waals surface area contributed by atoms with Crippen LogP contribution >= 0.6 is 0 Å². The van der Waals surface area contributed by atoms with Crippen LogP contribution in [0.1, 0.15) is 45.3 Å². The second-order valence-corrected chi connectivity index (χ2v) is 7.29. The quantitative estimate of drug-likeness (QED) is 0.631. The van der Waals surface area contributed by atoms with E-state index >= 15 is 0 Å². The minimum atomic E-state index is -0.443. The summed E-state index contributed by atoms with van der Waals surface area (Å²) in [7, 11) is 1.64. The Morgan fingerprint density at radius 2 is 1.86 bits per heavy atom. The van der Waals surface area contributed by atoms with Crippen LogP contribution < -0.4 is 5.43 Å². The van der Waals surface area contributed by atoms with Gasteiger partial charge in [-0.25, -0.2) is 0 Å². The second-order valence-electron chi connectivity index (χ2n) is 7.29. The Kier molecular flexibility index (Phi) is 4.77. The molecule has 2 aromatic carbocycles. The second kappa shape index (κ2) is 7.24. The van der Waals surface area contributed by atoms with Crippen molar-refractivity contribution in [1.29, 1.82) is 0 Å². The van der Waals surface area contributed by atoms with Crippen LogP contribution in [0, 0.1) is 13.8 Å². The topological polar surface area (TPSA) is 59.8 Å². The van der Waals surface area contributed by atoms with Crippen LogP contribution in [0.2, 0.25) is 0 Å². The summed E-state index contributed by atoms with van der Waals surface area (Å²) in [6.07, 6.45) is 0.686. The molecule has 4 rings (SSSR count). The van der Waals surface area contributed by atoms with E-state index in [1.165, 1.54) is 0 Å². The number of carbonyl (C=O) groups is 1. The fraction of sp³-hybridized carbons (Fsp3) is 0.304. The van der Waals surface area contributed by atoms with Crippen LogP contribution in [0.4, 0.5) is 0 Å². The highest BCUT2D eigenvalue weighted by molar-refractivity contribution is 5.99. The summed E-state index contributed by atoms with van der Waals surface area (Å²) in [5, 5.41) is 0.531. The highest BCUT2D eigenvalue weighted by Gasteiger charge is 2.42. The first-order valence-corrected chi connectivity index (χ1v) is 9.45. The Hall–Kier alpha value is -2.92. The van der Waals surface area contributed by atoms with E-state index in [0.717, 1.165) is 16.7 Å². The molecule has 0 radical (unpaired) electrons. The third-order valence-electron chi connectivity index (χ3n) is 5.26. The Morgan fingerprint density at radius 3 is 2.57 bits per heavy atom. The molecule has 0 bridgehead atoms. The van der Waals surface area contributed by atoms with Gasteiger partial charge >= 0.3 is 0 Å². The lowest BCUT2D eigenvalue weighted by atomic mass is 9.97. The Labute approximate surface area is 163 Å². The number of hydrogen-bond acceptors (Lipinski definition) is 4. The van der Waals surface area contributed by atoms with Crippen molar-refractivity contribution >= 4 is 16.9 Å². The third-order valence-corrected chi connectivity index (χ3v) is 5.26. The van der Waals surface area contributed by atoms with Crippen molar-refractivity contribution in [2.45, 2.75) is 26.3 Å². The van der Waals surface area contributed by atoms with Crippen LogP contribution in [-0.2, 0) is 4.74 Å². The lowest BCUT2D eigenvalue weighted by Gasteiger charge is -2.25. The monoisotopic (exact) mass is 377 g/mol. The summed E-state index contributed by atoms with van der Waals surface area (Å²) in [6.45, 7) is 4.89. The predicted octanol–water partition coefficient (Wildman–Crippen LogP) is 3.99. The van der Waals surface area contributed by atoms with Gasteiger partial charge in [0.2, 0.25) is 5.76 Å². The molecule has 0 aliphatic carbocycles. The average molecular weight is 377 g/mol. The van der Waals surface area contributed by atoms with Gasteiger partial charge in [-0.2, -0.15) is 0 Å². The number of hydrogen-bond donors (Lipinski definition) is 0. The molecule has 0 N–H and O–H groups in total. The maximum Gasteiger partial charge on any atom is 0.290 e. The molecule has 0 fully saturated rings. The van der Waals surface area contributed by atoms with Crippen molar-refractivity contribution < 1.29 is 13.9 Å². The first-order valence-electron chi connectivity index (χ1n) is 9.45. The maximum absolute atomic E-state index is 13.5. The molecule has 0 saturated heterocycles. The van der Waals surface area contributed by atoms with Gasteiger partial charge in [0, 0.05) is 20.3 Å². The van der Waals surface area contributed by atoms with Gasteiger partial charge in [0.05, 0.1) is 17.0 Å². The molecule has 0 saturated carbocycles. The van der Waals surface area contributed by atoms with Gasteiger partial charge in [0.1, 0.15) is 5.58 Å². The van der Waals surface area contributed by atoms with E-state index in [1.807, 2.05) is 56.3 Å². The van der Waals surface area contributed by atoms with E-state index in [0.29, 0.717) is 36.1 Å². The standard InChI is InChI=1S/C23H23NO4/c1-14-12-15(2)21-17(13-14)20(25)18-19(16-8-5-4-6-9-16)24(10-7-11-27-3)23(26)22(18)28-21/h4-6,8-9,12-13,19H,7,10-11H2,1-3H3. The minimum Gasteiger partial charge on any atom is -0.450 e. The van der Waals surface area contributed by atoms with Crippen LogP contribution in [-0.4, -0.2) is 31.1 Å². The molecule has 1 atom stereocenters. The Balaban J connectivity index is 1.95. The fourth-order valence-electron chi connectivity index (χ4n) is 4.07. The highest BCUT2D eigenvalue weighted by Crippen LogP contribution is 2.38. The number of ether oxygens (including phenoxy) is 1. The molecule has 28 heavy (non-hydrogen) atoms. The number of methoxy groups -OCH3 is 1. The number of carbonyl (C=O) groups excluding carboxylic acids is 1. The smallest absolute Gasteiger partial charge is 0.290 e. The minimum absolute atomic E-state index is 0.125. The molecule has 5 heteroatoms. The van der Waals surface area contributed by atoms with E-state index in [9.17, 15) is 9.59 Å². The summed E-state index contributed by atoms with van der Waals surface area (Å²) in [5.74, 6) is -0.0744. The molecule has 0 spiro atoms. The number of amides is 1. The molecule has 2 heterocycles. The van der Waals surface area contributed by atoms with Crippen molar-refractivity contribution in [2.24, 2.45) is 0 Å². The lowest BCUT2D eigenvalue weighted by Crippen LogP contribution is -2.31. The zero-order valence-corrected chi connectivity index (χ0v) is 16.3. The summed E-state index contributed by atoms with van der Waals surface area (Å²) in [5.41, 5.74) is 3.56. The van der Waals surface area contributed by atoms with Crippen molar-refractivity contribution in [3.05, 3.63) is 80.7 Å². The molecule has 1 aromatic heterocycles. The first-order chi connectivity index (χ1) is 13.5.